The summed E-state index contributed by atoms with van der Waals surface area (Å²) >= 11 is 0. The molecule has 0 saturated heterocycles. The van der Waals surface area contributed by atoms with Crippen molar-refractivity contribution in [2.75, 3.05) is 6.61 Å². The topological polar surface area (TPSA) is 150 Å². The van der Waals surface area contributed by atoms with Crippen molar-refractivity contribution in [2.45, 2.75) is 26.3 Å². The average molecular weight is 374 g/mol. The molecule has 2 aromatic rings. The zero-order valence-corrected chi connectivity index (χ0v) is 14.7. The summed E-state index contributed by atoms with van der Waals surface area (Å²) in [5, 5.41) is 0. The van der Waals surface area contributed by atoms with Crippen LogP contribution in [-0.4, -0.2) is 45.1 Å². The van der Waals surface area contributed by atoms with E-state index in [0.29, 0.717) is 12.3 Å². The number of aromatic nitrogens is 2. The third kappa shape index (κ3) is 8.40. The van der Waals surface area contributed by atoms with E-state index in [1.807, 2.05) is 48.7 Å². The van der Waals surface area contributed by atoms with Crippen LogP contribution >= 0.6 is 0 Å². The third-order valence-electron chi connectivity index (χ3n) is 3.01. The van der Waals surface area contributed by atoms with Gasteiger partial charge < -0.3 is 14.8 Å². The molecular formula is C15H22N2O7S. The number of rotatable bonds is 5. The molecule has 9 nitrogen and oxygen atoms in total. The van der Waals surface area contributed by atoms with Gasteiger partial charge >= 0.3 is 16.4 Å². The van der Waals surface area contributed by atoms with Crippen molar-refractivity contribution in [3.05, 3.63) is 54.1 Å². The highest BCUT2D eigenvalue weighted by Crippen LogP contribution is 2.19. The summed E-state index contributed by atoms with van der Waals surface area (Å²) in [6.45, 7) is 4.44. The maximum absolute atomic E-state index is 11.9. The van der Waals surface area contributed by atoms with Crippen LogP contribution in [0.2, 0.25) is 0 Å². The fraction of sp³-hybridized carbons (Fsp3) is 0.333. The van der Waals surface area contributed by atoms with Gasteiger partial charge in [0.2, 0.25) is 0 Å². The van der Waals surface area contributed by atoms with Crippen LogP contribution in [0.3, 0.4) is 0 Å². The highest BCUT2D eigenvalue weighted by atomic mass is 32.3. The largest absolute Gasteiger partial charge is 0.461 e. The van der Waals surface area contributed by atoms with Gasteiger partial charge in [0.15, 0.2) is 0 Å². The van der Waals surface area contributed by atoms with Crippen LogP contribution in [-0.2, 0) is 15.1 Å². The number of carbonyl (C=O) groups excluding carboxylic acids is 1. The second-order valence-corrected chi connectivity index (χ2v) is 5.75. The lowest BCUT2D eigenvalue weighted by molar-refractivity contribution is 0.0491. The Kier molecular flexibility index (Phi) is 9.61. The molecule has 10 heteroatoms. The molecule has 0 aliphatic heterocycles. The van der Waals surface area contributed by atoms with Gasteiger partial charge in [-0.05, 0) is 18.9 Å². The molecule has 0 aliphatic carbocycles. The van der Waals surface area contributed by atoms with Gasteiger partial charge in [0.05, 0.1) is 25.2 Å². The van der Waals surface area contributed by atoms with Gasteiger partial charge in [-0.2, -0.15) is 8.42 Å². The van der Waals surface area contributed by atoms with E-state index in [-0.39, 0.29) is 17.5 Å². The van der Waals surface area contributed by atoms with Crippen LogP contribution in [0.15, 0.2) is 42.9 Å². The average Bonchev–Trinajstić information content (AvgIpc) is 3.00. The summed E-state index contributed by atoms with van der Waals surface area (Å²) in [6, 6.07) is 10.1. The van der Waals surface area contributed by atoms with E-state index in [1.165, 1.54) is 0 Å². The molecule has 1 heterocycles. The molecule has 0 saturated carbocycles. The van der Waals surface area contributed by atoms with Crippen LogP contribution in [0.4, 0.5) is 0 Å². The van der Waals surface area contributed by atoms with Crippen molar-refractivity contribution in [3.8, 4) is 0 Å². The first-order valence-electron chi connectivity index (χ1n) is 7.17. The van der Waals surface area contributed by atoms with Crippen molar-refractivity contribution in [2.24, 2.45) is 0 Å². The minimum absolute atomic E-state index is 0. The number of nitrogens with zero attached hydrogens (tertiary/aromatic N) is 2. The van der Waals surface area contributed by atoms with Gasteiger partial charge in [0.25, 0.3) is 0 Å². The van der Waals surface area contributed by atoms with Gasteiger partial charge in [-0.3, -0.25) is 9.11 Å². The minimum Gasteiger partial charge on any atom is -0.461 e. The van der Waals surface area contributed by atoms with Gasteiger partial charge in [0, 0.05) is 0 Å². The molecule has 0 bridgehead atoms. The minimum atomic E-state index is -4.67. The first kappa shape index (κ1) is 22.7. The predicted octanol–water partition coefficient (Wildman–Crippen LogP) is 1.58. The number of hydrogen-bond donors (Lipinski definition) is 2. The number of hydrogen-bond acceptors (Lipinski definition) is 5. The molecular weight excluding hydrogens is 352 g/mol. The Morgan fingerprint density at radius 3 is 2.36 bits per heavy atom. The second-order valence-electron chi connectivity index (χ2n) is 4.86. The van der Waals surface area contributed by atoms with E-state index in [1.54, 1.807) is 12.5 Å². The van der Waals surface area contributed by atoms with Gasteiger partial charge in [0.1, 0.15) is 5.69 Å². The Bertz CT molecular complexity index is 736. The number of benzene rings is 1. The molecule has 0 fully saturated rings. The van der Waals surface area contributed by atoms with Crippen molar-refractivity contribution in [1.82, 2.24) is 9.55 Å². The zero-order valence-electron chi connectivity index (χ0n) is 13.9. The first-order valence-corrected chi connectivity index (χ1v) is 8.57. The summed E-state index contributed by atoms with van der Waals surface area (Å²) in [6.07, 6.45) is 4.03. The first-order chi connectivity index (χ1) is 11.2. The lowest BCUT2D eigenvalue weighted by Crippen LogP contribution is -2.15. The van der Waals surface area contributed by atoms with Crippen LogP contribution in [0, 0.1) is 0 Å². The number of esters is 1. The molecule has 4 N–H and O–H groups in total. The SMILES string of the molecule is CCCOC(=O)c1cncn1C(C)c1ccccc1.O.O=S(=O)(O)O. The lowest BCUT2D eigenvalue weighted by atomic mass is 10.1. The fourth-order valence-corrected chi connectivity index (χ4v) is 1.93. The maximum Gasteiger partial charge on any atom is 0.394 e. The molecule has 2 rings (SSSR count). The predicted molar refractivity (Wildman–Crippen MR) is 90.8 cm³/mol. The molecule has 140 valence electrons. The maximum atomic E-state index is 11.9. The van der Waals surface area contributed by atoms with Crippen molar-refractivity contribution in [1.29, 1.82) is 0 Å². The Morgan fingerprint density at radius 2 is 1.84 bits per heavy atom. The third-order valence-corrected chi connectivity index (χ3v) is 3.01. The molecule has 1 aromatic carbocycles. The standard InChI is InChI=1S/C15H18N2O2.H2O4S.H2O/c1-3-9-19-15(18)14-10-16-11-17(14)12(2)13-7-5-4-6-8-13;1-5(2,3)4;/h4-8,10-12H,3,9H2,1-2H3;(H2,1,2,3,4);1H2. The highest BCUT2D eigenvalue weighted by molar-refractivity contribution is 7.79. The Morgan fingerprint density at radius 1 is 1.28 bits per heavy atom. The van der Waals surface area contributed by atoms with E-state index in [2.05, 4.69) is 4.98 Å². The summed E-state index contributed by atoms with van der Waals surface area (Å²) < 4.78 is 38.6. The van der Waals surface area contributed by atoms with E-state index in [4.69, 9.17) is 22.3 Å². The fourth-order valence-electron chi connectivity index (χ4n) is 1.93. The van der Waals surface area contributed by atoms with Crippen molar-refractivity contribution >= 4 is 16.4 Å². The summed E-state index contributed by atoms with van der Waals surface area (Å²) in [5.41, 5.74) is 1.62. The number of imidazole rings is 1. The van der Waals surface area contributed by atoms with Gasteiger partial charge in [-0.1, -0.05) is 37.3 Å². The van der Waals surface area contributed by atoms with Crippen LogP contribution < -0.4 is 0 Å². The monoisotopic (exact) mass is 374 g/mol. The highest BCUT2D eigenvalue weighted by Gasteiger charge is 2.17. The summed E-state index contributed by atoms with van der Waals surface area (Å²) in [7, 11) is -4.67. The molecule has 0 radical (unpaired) electrons. The zero-order chi connectivity index (χ0) is 18.2. The van der Waals surface area contributed by atoms with Crippen LogP contribution in [0.25, 0.3) is 0 Å². The van der Waals surface area contributed by atoms with Crippen molar-refractivity contribution < 1.29 is 32.5 Å². The molecule has 1 aromatic heterocycles. The smallest absolute Gasteiger partial charge is 0.394 e. The molecule has 1 unspecified atom stereocenters. The van der Waals surface area contributed by atoms with E-state index < -0.39 is 10.4 Å². The number of ether oxygens (including phenoxy) is 1. The van der Waals surface area contributed by atoms with Crippen LogP contribution in [0.1, 0.15) is 42.4 Å². The molecule has 0 spiro atoms. The normalized spacial score (nSPS) is 11.5. The van der Waals surface area contributed by atoms with Gasteiger partial charge in [-0.25, -0.2) is 9.78 Å². The van der Waals surface area contributed by atoms with Crippen molar-refractivity contribution in [3.63, 3.8) is 0 Å². The van der Waals surface area contributed by atoms with Gasteiger partial charge in [-0.15, -0.1) is 0 Å². The number of carbonyl (C=O) groups is 1. The van der Waals surface area contributed by atoms with Crippen LogP contribution in [0.5, 0.6) is 0 Å². The van der Waals surface area contributed by atoms with E-state index >= 15 is 0 Å². The lowest BCUT2D eigenvalue weighted by Gasteiger charge is -2.16. The summed E-state index contributed by atoms with van der Waals surface area (Å²) in [5.74, 6) is -0.317. The summed E-state index contributed by atoms with van der Waals surface area (Å²) in [4.78, 5) is 16.0. The second kappa shape index (κ2) is 10.6. The Labute approximate surface area is 146 Å². The molecule has 0 aliphatic rings. The molecule has 25 heavy (non-hydrogen) atoms. The molecule has 1 atom stereocenters. The Balaban J connectivity index is 0.000000848. The Hall–Kier alpha value is -2.27. The molecule has 0 amide bonds. The van der Waals surface area contributed by atoms with E-state index in [0.717, 1.165) is 12.0 Å². The quantitative estimate of drug-likeness (QED) is 0.595. The van der Waals surface area contributed by atoms with E-state index in [9.17, 15) is 4.79 Å².